The van der Waals surface area contributed by atoms with E-state index in [0.717, 1.165) is 6.08 Å². The van der Waals surface area contributed by atoms with E-state index in [9.17, 15) is 13.2 Å². The Kier molecular flexibility index (Phi) is 3.68. The molecule has 0 aliphatic heterocycles. The Morgan fingerprint density at radius 1 is 1.38 bits per heavy atom. The molecule has 1 unspecified atom stereocenters. The molecule has 5 nitrogen and oxygen atoms in total. The van der Waals surface area contributed by atoms with Crippen LogP contribution < -0.4 is 5.32 Å². The second-order valence-corrected chi connectivity index (χ2v) is 5.03. The molecule has 0 aliphatic rings. The summed E-state index contributed by atoms with van der Waals surface area (Å²) in [4.78, 5) is 10.5. The van der Waals surface area contributed by atoms with Crippen molar-refractivity contribution in [3.8, 4) is 0 Å². The minimum absolute atomic E-state index is 0.0497. The van der Waals surface area contributed by atoms with Crippen molar-refractivity contribution in [3.63, 3.8) is 0 Å². The third-order valence-corrected chi connectivity index (χ3v) is 3.79. The van der Waals surface area contributed by atoms with E-state index < -0.39 is 21.3 Å². The molecule has 0 spiro atoms. The van der Waals surface area contributed by atoms with Crippen molar-refractivity contribution in [2.75, 3.05) is 0 Å². The van der Waals surface area contributed by atoms with E-state index in [-0.39, 0.29) is 4.90 Å². The highest BCUT2D eigenvalue weighted by molar-refractivity contribution is 7.92. The van der Waals surface area contributed by atoms with Gasteiger partial charge in [0, 0.05) is 0 Å². The van der Waals surface area contributed by atoms with Gasteiger partial charge in [0.1, 0.15) is 0 Å². The first-order chi connectivity index (χ1) is 7.48. The normalized spacial score (nSPS) is 12.8. The Morgan fingerprint density at radius 3 is 2.38 bits per heavy atom. The van der Waals surface area contributed by atoms with Crippen LogP contribution in [0.4, 0.5) is 4.79 Å². The Morgan fingerprint density at radius 2 is 1.94 bits per heavy atom. The van der Waals surface area contributed by atoms with Crippen molar-refractivity contribution in [2.24, 2.45) is 0 Å². The Hall–Kier alpha value is -1.82. The predicted octanol–water partition coefficient (Wildman–Crippen LogP) is 1.24. The van der Waals surface area contributed by atoms with Gasteiger partial charge >= 0.3 is 6.09 Å². The minimum atomic E-state index is -3.76. The van der Waals surface area contributed by atoms with E-state index in [1.165, 1.54) is 12.1 Å². The molecule has 1 amide bonds. The van der Waals surface area contributed by atoms with Crippen LogP contribution in [0.1, 0.15) is 0 Å². The molecule has 0 fully saturated rings. The maximum absolute atomic E-state index is 11.9. The zero-order chi connectivity index (χ0) is 12.2. The summed E-state index contributed by atoms with van der Waals surface area (Å²) in [5.74, 6) is 0. The van der Waals surface area contributed by atoms with E-state index in [1.54, 1.807) is 18.2 Å². The molecule has 0 bridgehead atoms. The second-order valence-electron chi connectivity index (χ2n) is 2.96. The molecule has 0 heterocycles. The lowest BCUT2D eigenvalue weighted by Gasteiger charge is -2.13. The van der Waals surface area contributed by atoms with E-state index in [0.29, 0.717) is 0 Å². The Labute approximate surface area is 93.3 Å². The van der Waals surface area contributed by atoms with Gasteiger partial charge in [0.15, 0.2) is 5.37 Å². The van der Waals surface area contributed by atoms with Gasteiger partial charge in [0.25, 0.3) is 0 Å². The van der Waals surface area contributed by atoms with Crippen LogP contribution in [0.25, 0.3) is 0 Å². The first-order valence-corrected chi connectivity index (χ1v) is 5.94. The maximum Gasteiger partial charge on any atom is 0.405 e. The van der Waals surface area contributed by atoms with Crippen LogP contribution in [0.3, 0.4) is 0 Å². The molecule has 6 heteroatoms. The topological polar surface area (TPSA) is 83.5 Å². The van der Waals surface area contributed by atoms with Gasteiger partial charge in [-0.3, -0.25) is 0 Å². The van der Waals surface area contributed by atoms with Crippen LogP contribution in [0.5, 0.6) is 0 Å². The van der Waals surface area contributed by atoms with Crippen molar-refractivity contribution in [1.82, 2.24) is 5.32 Å². The highest BCUT2D eigenvalue weighted by Crippen LogP contribution is 2.14. The van der Waals surface area contributed by atoms with Crippen molar-refractivity contribution in [1.29, 1.82) is 0 Å². The average molecular weight is 241 g/mol. The first kappa shape index (κ1) is 12.3. The molecule has 16 heavy (non-hydrogen) atoms. The number of sulfone groups is 1. The van der Waals surface area contributed by atoms with Gasteiger partial charge in [-0.2, -0.15) is 0 Å². The van der Waals surface area contributed by atoms with Crippen LogP contribution in [0, 0.1) is 0 Å². The van der Waals surface area contributed by atoms with Gasteiger partial charge in [-0.15, -0.1) is 0 Å². The summed E-state index contributed by atoms with van der Waals surface area (Å²) in [6, 6.07) is 7.60. The molecule has 2 N–H and O–H groups in total. The molecule has 0 saturated carbocycles. The quantitative estimate of drug-likeness (QED) is 0.777. The summed E-state index contributed by atoms with van der Waals surface area (Å²) in [6.45, 7) is 3.30. The Bertz CT molecular complexity index is 481. The van der Waals surface area contributed by atoms with Crippen molar-refractivity contribution in [2.45, 2.75) is 10.3 Å². The molecule has 0 aliphatic carbocycles. The number of rotatable bonds is 4. The van der Waals surface area contributed by atoms with E-state index in [2.05, 4.69) is 6.58 Å². The fourth-order valence-electron chi connectivity index (χ4n) is 1.14. The van der Waals surface area contributed by atoms with Gasteiger partial charge in [0.05, 0.1) is 4.90 Å². The highest BCUT2D eigenvalue weighted by atomic mass is 32.2. The third kappa shape index (κ3) is 2.60. The zero-order valence-corrected chi connectivity index (χ0v) is 9.15. The van der Waals surface area contributed by atoms with Crippen LogP contribution in [-0.2, 0) is 9.84 Å². The van der Waals surface area contributed by atoms with Crippen LogP contribution in [-0.4, -0.2) is 25.0 Å². The third-order valence-electron chi connectivity index (χ3n) is 1.89. The summed E-state index contributed by atoms with van der Waals surface area (Å²) in [5, 5.41) is 9.04. The zero-order valence-electron chi connectivity index (χ0n) is 8.33. The van der Waals surface area contributed by atoms with Crippen molar-refractivity contribution in [3.05, 3.63) is 43.0 Å². The van der Waals surface area contributed by atoms with Crippen LogP contribution >= 0.6 is 0 Å². The largest absolute Gasteiger partial charge is 0.465 e. The molecule has 86 valence electrons. The average Bonchev–Trinajstić information content (AvgIpc) is 2.26. The maximum atomic E-state index is 11.9. The molecule has 0 aromatic heterocycles. The second kappa shape index (κ2) is 4.80. The number of carbonyl (C=O) groups is 1. The lowest BCUT2D eigenvalue weighted by Crippen LogP contribution is -2.38. The SMILES string of the molecule is C=CC(NC(=O)O)S(=O)(=O)c1ccccc1. The van der Waals surface area contributed by atoms with Gasteiger partial charge < -0.3 is 10.4 Å². The first-order valence-electron chi connectivity index (χ1n) is 4.39. The minimum Gasteiger partial charge on any atom is -0.465 e. The summed E-state index contributed by atoms with van der Waals surface area (Å²) in [7, 11) is -3.76. The molecular formula is C10H11NO4S. The van der Waals surface area contributed by atoms with Gasteiger partial charge in [0.2, 0.25) is 9.84 Å². The van der Waals surface area contributed by atoms with Gasteiger partial charge in [-0.05, 0) is 12.1 Å². The number of carboxylic acid groups (broad SMARTS) is 1. The van der Waals surface area contributed by atoms with E-state index >= 15 is 0 Å². The molecule has 1 aromatic carbocycles. The number of amides is 1. The number of benzene rings is 1. The standard InChI is InChI=1S/C10H11NO4S/c1-2-9(11-10(12)13)16(14,15)8-6-4-3-5-7-8/h2-7,9,11H,1H2,(H,12,13). The Balaban J connectivity index is 3.10. The van der Waals surface area contributed by atoms with Crippen molar-refractivity contribution < 1.29 is 18.3 Å². The number of hydrogen-bond donors (Lipinski definition) is 2. The smallest absolute Gasteiger partial charge is 0.405 e. The molecule has 1 rings (SSSR count). The molecule has 1 aromatic rings. The number of nitrogens with one attached hydrogen (secondary N) is 1. The van der Waals surface area contributed by atoms with Gasteiger partial charge in [-0.25, -0.2) is 13.2 Å². The highest BCUT2D eigenvalue weighted by Gasteiger charge is 2.25. The van der Waals surface area contributed by atoms with Crippen LogP contribution in [0.15, 0.2) is 47.9 Å². The molecule has 0 saturated heterocycles. The lowest BCUT2D eigenvalue weighted by atomic mass is 10.4. The predicted molar refractivity (Wildman–Crippen MR) is 58.8 cm³/mol. The molecule has 1 atom stereocenters. The summed E-state index contributed by atoms with van der Waals surface area (Å²) >= 11 is 0. The van der Waals surface area contributed by atoms with E-state index in [1.807, 2.05) is 5.32 Å². The number of hydrogen-bond acceptors (Lipinski definition) is 3. The van der Waals surface area contributed by atoms with Crippen molar-refractivity contribution >= 4 is 15.9 Å². The lowest BCUT2D eigenvalue weighted by molar-refractivity contribution is 0.194. The monoisotopic (exact) mass is 241 g/mol. The molecule has 0 radical (unpaired) electrons. The summed E-state index contributed by atoms with van der Waals surface area (Å²) in [6.07, 6.45) is -0.374. The summed E-state index contributed by atoms with van der Waals surface area (Å²) in [5.41, 5.74) is 0. The fourth-order valence-corrected chi connectivity index (χ4v) is 2.48. The van der Waals surface area contributed by atoms with Gasteiger partial charge in [-0.1, -0.05) is 30.9 Å². The fraction of sp³-hybridized carbons (Fsp3) is 0.100. The van der Waals surface area contributed by atoms with Crippen LogP contribution in [0.2, 0.25) is 0 Å². The molecular weight excluding hydrogens is 230 g/mol. The van der Waals surface area contributed by atoms with E-state index in [4.69, 9.17) is 5.11 Å². The summed E-state index contributed by atoms with van der Waals surface area (Å²) < 4.78 is 23.8.